The summed E-state index contributed by atoms with van der Waals surface area (Å²) in [6.45, 7) is 0.655. The van der Waals surface area contributed by atoms with Crippen molar-refractivity contribution in [2.45, 2.75) is 6.42 Å². The molecule has 1 aromatic heterocycles. The van der Waals surface area contributed by atoms with Gasteiger partial charge in [-0.2, -0.15) is 0 Å². The number of rotatable bonds is 6. The third-order valence-electron chi connectivity index (χ3n) is 2.83. The normalized spacial score (nSPS) is 10.1. The van der Waals surface area contributed by atoms with Crippen LogP contribution in [-0.2, 0) is 6.42 Å². The van der Waals surface area contributed by atoms with Crippen LogP contribution in [0, 0.1) is 0 Å². The number of H-pyrrole nitrogens is 1. The first kappa shape index (κ1) is 13.9. The van der Waals surface area contributed by atoms with Crippen LogP contribution < -0.4 is 20.3 Å². The zero-order valence-corrected chi connectivity index (χ0v) is 11.5. The molecule has 20 heavy (non-hydrogen) atoms. The highest BCUT2D eigenvalue weighted by molar-refractivity contribution is 5.43. The van der Waals surface area contributed by atoms with Gasteiger partial charge in [-0.05, 0) is 24.1 Å². The lowest BCUT2D eigenvalue weighted by Gasteiger charge is -2.10. The summed E-state index contributed by atoms with van der Waals surface area (Å²) in [5, 5.41) is 3.06. The van der Waals surface area contributed by atoms with Gasteiger partial charge >= 0.3 is 0 Å². The Morgan fingerprint density at radius 1 is 1.20 bits per heavy atom. The molecule has 0 unspecified atom stereocenters. The fraction of sp³-hybridized carbons (Fsp3) is 0.286. The summed E-state index contributed by atoms with van der Waals surface area (Å²) in [7, 11) is 3.22. The fourth-order valence-electron chi connectivity index (χ4n) is 1.82. The van der Waals surface area contributed by atoms with E-state index in [2.05, 4.69) is 15.3 Å². The molecule has 0 aliphatic rings. The van der Waals surface area contributed by atoms with Gasteiger partial charge in [-0.25, -0.2) is 4.98 Å². The quantitative estimate of drug-likeness (QED) is 0.834. The first-order valence-corrected chi connectivity index (χ1v) is 6.23. The van der Waals surface area contributed by atoms with Crippen molar-refractivity contribution in [3.05, 3.63) is 46.4 Å². The predicted molar refractivity (Wildman–Crippen MR) is 76.6 cm³/mol. The van der Waals surface area contributed by atoms with E-state index in [-0.39, 0.29) is 5.56 Å². The van der Waals surface area contributed by atoms with Crippen molar-refractivity contribution in [3.8, 4) is 11.5 Å². The maximum atomic E-state index is 11.1. The van der Waals surface area contributed by atoms with Crippen LogP contribution >= 0.6 is 0 Å². The Hall–Kier alpha value is -2.50. The fourth-order valence-corrected chi connectivity index (χ4v) is 1.82. The van der Waals surface area contributed by atoms with E-state index in [1.54, 1.807) is 14.2 Å². The van der Waals surface area contributed by atoms with Crippen molar-refractivity contribution < 1.29 is 9.47 Å². The van der Waals surface area contributed by atoms with E-state index >= 15 is 0 Å². The molecule has 106 valence electrons. The number of hydrogen-bond acceptors (Lipinski definition) is 5. The standard InChI is InChI=1S/C14H17N3O3/c1-19-11-4-3-10(9-12(11)20-2)5-7-15-14-16-8-6-13(18)17-14/h3-4,6,8-9H,5,7H2,1-2H3,(H2,15,16,17,18). The lowest BCUT2D eigenvalue weighted by molar-refractivity contribution is 0.354. The van der Waals surface area contributed by atoms with Gasteiger partial charge in [0.15, 0.2) is 11.5 Å². The molecule has 0 saturated heterocycles. The van der Waals surface area contributed by atoms with Crippen LogP contribution in [0.1, 0.15) is 5.56 Å². The number of aromatic amines is 1. The Balaban J connectivity index is 1.95. The second-order valence-corrected chi connectivity index (χ2v) is 4.15. The smallest absolute Gasteiger partial charge is 0.252 e. The zero-order valence-electron chi connectivity index (χ0n) is 11.5. The van der Waals surface area contributed by atoms with Gasteiger partial charge in [0.25, 0.3) is 5.56 Å². The van der Waals surface area contributed by atoms with E-state index in [0.29, 0.717) is 24.0 Å². The molecule has 1 heterocycles. The van der Waals surface area contributed by atoms with Gasteiger partial charge in [-0.1, -0.05) is 6.07 Å². The van der Waals surface area contributed by atoms with Crippen LogP contribution in [0.3, 0.4) is 0 Å². The Labute approximate surface area is 116 Å². The number of nitrogens with zero attached hydrogens (tertiary/aromatic N) is 1. The zero-order chi connectivity index (χ0) is 14.4. The molecule has 0 aliphatic heterocycles. The Morgan fingerprint density at radius 3 is 2.70 bits per heavy atom. The van der Waals surface area contributed by atoms with Crippen molar-refractivity contribution in [1.82, 2.24) is 9.97 Å². The molecule has 0 aliphatic carbocycles. The third-order valence-corrected chi connectivity index (χ3v) is 2.83. The van der Waals surface area contributed by atoms with E-state index in [1.165, 1.54) is 12.3 Å². The maximum Gasteiger partial charge on any atom is 0.252 e. The van der Waals surface area contributed by atoms with E-state index < -0.39 is 0 Å². The Bertz CT molecular complexity index is 625. The van der Waals surface area contributed by atoms with Gasteiger partial charge in [0.1, 0.15) is 0 Å². The molecule has 0 fully saturated rings. The summed E-state index contributed by atoms with van der Waals surface area (Å²) < 4.78 is 10.4. The SMILES string of the molecule is COc1ccc(CCNc2nccc(=O)[nH]2)cc1OC. The van der Waals surface area contributed by atoms with Crippen molar-refractivity contribution in [3.63, 3.8) is 0 Å². The largest absolute Gasteiger partial charge is 0.493 e. The van der Waals surface area contributed by atoms with Gasteiger partial charge in [0.2, 0.25) is 5.95 Å². The van der Waals surface area contributed by atoms with Gasteiger partial charge in [-0.3, -0.25) is 9.78 Å². The van der Waals surface area contributed by atoms with E-state index in [0.717, 1.165) is 12.0 Å². The van der Waals surface area contributed by atoms with E-state index in [4.69, 9.17) is 9.47 Å². The van der Waals surface area contributed by atoms with E-state index in [1.807, 2.05) is 18.2 Å². The molecule has 2 rings (SSSR count). The van der Waals surface area contributed by atoms with Crippen molar-refractivity contribution >= 4 is 5.95 Å². The van der Waals surface area contributed by atoms with Gasteiger partial charge in [0.05, 0.1) is 14.2 Å². The topological polar surface area (TPSA) is 76.2 Å². The average molecular weight is 275 g/mol. The summed E-state index contributed by atoms with van der Waals surface area (Å²) in [6.07, 6.45) is 2.25. The predicted octanol–water partition coefficient (Wildman–Crippen LogP) is 1.44. The van der Waals surface area contributed by atoms with Gasteiger partial charge < -0.3 is 14.8 Å². The summed E-state index contributed by atoms with van der Waals surface area (Å²) >= 11 is 0. The number of ether oxygens (including phenoxy) is 2. The van der Waals surface area contributed by atoms with Crippen LogP contribution in [0.25, 0.3) is 0 Å². The Morgan fingerprint density at radius 2 is 2.00 bits per heavy atom. The minimum atomic E-state index is -0.173. The van der Waals surface area contributed by atoms with Crippen LogP contribution in [0.2, 0.25) is 0 Å². The molecular weight excluding hydrogens is 258 g/mol. The highest BCUT2D eigenvalue weighted by atomic mass is 16.5. The molecule has 0 spiro atoms. The molecule has 2 aromatic rings. The van der Waals surface area contributed by atoms with Gasteiger partial charge in [0, 0.05) is 18.8 Å². The lowest BCUT2D eigenvalue weighted by atomic mass is 10.1. The number of hydrogen-bond donors (Lipinski definition) is 2. The molecule has 6 heteroatoms. The molecule has 0 radical (unpaired) electrons. The highest BCUT2D eigenvalue weighted by Gasteiger charge is 2.04. The number of methoxy groups -OCH3 is 2. The van der Waals surface area contributed by atoms with Crippen molar-refractivity contribution in [2.24, 2.45) is 0 Å². The first-order valence-electron chi connectivity index (χ1n) is 6.23. The third kappa shape index (κ3) is 3.50. The van der Waals surface area contributed by atoms with Gasteiger partial charge in [-0.15, -0.1) is 0 Å². The molecule has 0 bridgehead atoms. The second-order valence-electron chi connectivity index (χ2n) is 4.15. The second kappa shape index (κ2) is 6.60. The Kier molecular flexibility index (Phi) is 4.60. The maximum absolute atomic E-state index is 11.1. The van der Waals surface area contributed by atoms with E-state index in [9.17, 15) is 4.79 Å². The summed E-state index contributed by atoms with van der Waals surface area (Å²) in [5.41, 5.74) is 0.932. The first-order chi connectivity index (χ1) is 9.72. The number of benzene rings is 1. The van der Waals surface area contributed by atoms with Crippen molar-refractivity contribution in [1.29, 1.82) is 0 Å². The molecule has 6 nitrogen and oxygen atoms in total. The minimum absolute atomic E-state index is 0.173. The van der Waals surface area contributed by atoms with Crippen LogP contribution in [0.5, 0.6) is 11.5 Å². The highest BCUT2D eigenvalue weighted by Crippen LogP contribution is 2.27. The molecule has 0 saturated carbocycles. The summed E-state index contributed by atoms with van der Waals surface area (Å²) in [4.78, 5) is 17.7. The minimum Gasteiger partial charge on any atom is -0.493 e. The summed E-state index contributed by atoms with van der Waals surface area (Å²) in [5.74, 6) is 1.88. The summed E-state index contributed by atoms with van der Waals surface area (Å²) in [6, 6.07) is 7.15. The van der Waals surface area contributed by atoms with Crippen LogP contribution in [0.15, 0.2) is 35.3 Å². The molecule has 1 aromatic carbocycles. The number of aromatic nitrogens is 2. The van der Waals surface area contributed by atoms with Crippen LogP contribution in [0.4, 0.5) is 5.95 Å². The number of anilines is 1. The number of nitrogens with one attached hydrogen (secondary N) is 2. The average Bonchev–Trinajstić information content (AvgIpc) is 2.47. The molecule has 0 atom stereocenters. The molecule has 0 amide bonds. The lowest BCUT2D eigenvalue weighted by Crippen LogP contribution is -2.13. The molecular formula is C14H17N3O3. The monoisotopic (exact) mass is 275 g/mol. The molecule has 2 N–H and O–H groups in total. The van der Waals surface area contributed by atoms with Crippen molar-refractivity contribution in [2.75, 3.05) is 26.1 Å². The van der Waals surface area contributed by atoms with Crippen LogP contribution in [-0.4, -0.2) is 30.7 Å².